The van der Waals surface area contributed by atoms with E-state index in [1.165, 1.54) is 0 Å². The molecule has 2 aromatic rings. The van der Waals surface area contributed by atoms with Crippen LogP contribution < -0.4 is 0 Å². The van der Waals surface area contributed by atoms with Crippen LogP contribution in [-0.2, 0) is 11.8 Å². The quantitative estimate of drug-likeness (QED) is 0.843. The Morgan fingerprint density at radius 1 is 1.15 bits per heavy atom. The summed E-state index contributed by atoms with van der Waals surface area (Å²) in [7, 11) is 1.89. The molecule has 27 heavy (non-hydrogen) atoms. The van der Waals surface area contributed by atoms with Crippen molar-refractivity contribution in [3.63, 3.8) is 0 Å². The number of hydrogen-bond acceptors (Lipinski definition) is 5. The third kappa shape index (κ3) is 3.14. The Kier molecular flexibility index (Phi) is 4.11. The Labute approximate surface area is 158 Å². The normalized spacial score (nSPS) is 16.6. The summed E-state index contributed by atoms with van der Waals surface area (Å²) in [6.45, 7) is 6.36. The van der Waals surface area contributed by atoms with Crippen molar-refractivity contribution in [1.29, 1.82) is 0 Å². The number of amidine groups is 1. The topological polar surface area (TPSA) is 63.4 Å². The van der Waals surface area contributed by atoms with E-state index in [0.717, 1.165) is 33.7 Å². The molecule has 2 aromatic heterocycles. The first-order chi connectivity index (χ1) is 12.9. The molecule has 0 unspecified atom stereocenters. The molecule has 0 N–H and O–H groups in total. The van der Waals surface area contributed by atoms with Crippen LogP contribution in [0.15, 0.2) is 64.7 Å². The van der Waals surface area contributed by atoms with Gasteiger partial charge in [-0.2, -0.15) is 5.10 Å². The van der Waals surface area contributed by atoms with E-state index in [9.17, 15) is 4.79 Å². The molecule has 0 bridgehead atoms. The van der Waals surface area contributed by atoms with Crippen LogP contribution in [0.25, 0.3) is 17.0 Å². The van der Waals surface area contributed by atoms with Gasteiger partial charge in [-0.15, -0.1) is 0 Å². The fourth-order valence-corrected chi connectivity index (χ4v) is 3.40. The molecule has 6 nitrogen and oxygen atoms in total. The Balaban J connectivity index is 1.71. The lowest BCUT2D eigenvalue weighted by Gasteiger charge is -2.32. The van der Waals surface area contributed by atoms with Gasteiger partial charge in [-0.25, -0.2) is 4.99 Å². The molecule has 2 aliphatic rings. The van der Waals surface area contributed by atoms with E-state index in [1.54, 1.807) is 17.8 Å². The molecular formula is C21H21N5O. The van der Waals surface area contributed by atoms with E-state index in [-0.39, 0.29) is 5.78 Å². The van der Waals surface area contributed by atoms with Gasteiger partial charge in [0.2, 0.25) is 0 Å². The maximum absolute atomic E-state index is 12.1. The summed E-state index contributed by atoms with van der Waals surface area (Å²) in [4.78, 5) is 23.5. The van der Waals surface area contributed by atoms with E-state index in [4.69, 9.17) is 4.99 Å². The van der Waals surface area contributed by atoms with Crippen LogP contribution >= 0.6 is 0 Å². The van der Waals surface area contributed by atoms with Gasteiger partial charge in [-0.1, -0.05) is 0 Å². The highest BCUT2D eigenvalue weighted by Gasteiger charge is 2.27. The molecule has 0 radical (unpaired) electrons. The second-order valence-electron chi connectivity index (χ2n) is 7.01. The van der Waals surface area contributed by atoms with Gasteiger partial charge in [0, 0.05) is 43.3 Å². The van der Waals surface area contributed by atoms with Crippen molar-refractivity contribution >= 4 is 17.3 Å². The van der Waals surface area contributed by atoms with E-state index in [1.807, 2.05) is 55.7 Å². The summed E-state index contributed by atoms with van der Waals surface area (Å²) in [6, 6.07) is 4.00. The van der Waals surface area contributed by atoms with Crippen molar-refractivity contribution in [2.45, 2.75) is 20.8 Å². The zero-order valence-electron chi connectivity index (χ0n) is 15.9. The minimum Gasteiger partial charge on any atom is -0.328 e. The molecule has 0 saturated heterocycles. The van der Waals surface area contributed by atoms with Crippen LogP contribution in [0.3, 0.4) is 0 Å². The smallest absolute Gasteiger partial charge is 0.163 e. The Morgan fingerprint density at radius 3 is 2.59 bits per heavy atom. The third-order valence-electron chi connectivity index (χ3n) is 4.69. The molecule has 4 rings (SSSR count). The van der Waals surface area contributed by atoms with E-state index >= 15 is 0 Å². The first kappa shape index (κ1) is 17.1. The number of Topliss-reactive ketones (excluding diaryl/α,β-unsaturated/α-hetero) is 1. The first-order valence-corrected chi connectivity index (χ1v) is 8.84. The number of carbonyl (C=O) groups is 1. The van der Waals surface area contributed by atoms with Crippen LogP contribution in [0.5, 0.6) is 0 Å². The van der Waals surface area contributed by atoms with Crippen LogP contribution in [0.1, 0.15) is 26.3 Å². The lowest BCUT2D eigenvalue weighted by atomic mass is 9.99. The molecule has 0 atom stereocenters. The highest BCUT2D eigenvalue weighted by molar-refractivity contribution is 6.23. The van der Waals surface area contributed by atoms with Crippen LogP contribution in [-0.4, -0.2) is 37.8 Å². The monoisotopic (exact) mass is 359 g/mol. The maximum Gasteiger partial charge on any atom is 0.163 e. The third-order valence-corrected chi connectivity index (χ3v) is 4.69. The van der Waals surface area contributed by atoms with Gasteiger partial charge in [-0.3, -0.25) is 14.5 Å². The van der Waals surface area contributed by atoms with Gasteiger partial charge in [0.25, 0.3) is 0 Å². The Morgan fingerprint density at radius 2 is 1.96 bits per heavy atom. The molecule has 4 heterocycles. The fourth-order valence-electron chi connectivity index (χ4n) is 3.40. The predicted octanol–water partition coefficient (Wildman–Crippen LogP) is 3.36. The summed E-state index contributed by atoms with van der Waals surface area (Å²) in [5, 5.41) is 4.19. The van der Waals surface area contributed by atoms with Crippen LogP contribution in [0, 0.1) is 0 Å². The molecule has 0 aliphatic carbocycles. The van der Waals surface area contributed by atoms with E-state index < -0.39 is 0 Å². The average molecular weight is 359 g/mol. The number of carbonyl (C=O) groups excluding carboxylic acids is 1. The fraction of sp³-hybridized carbons (Fsp3) is 0.238. The van der Waals surface area contributed by atoms with Crippen LogP contribution in [0.2, 0.25) is 0 Å². The minimum atomic E-state index is 0.0233. The standard InChI is InChI=1S/C21H21N5O/c1-13-7-18(15(3)27)21-24-20(14(2)11-26(21)10-13)16-5-6-19(22-8-16)17-9-23-25(4)12-17/h5-10,12H,11H2,1-4H3. The summed E-state index contributed by atoms with van der Waals surface area (Å²) in [5.74, 6) is 0.736. The molecule has 0 saturated carbocycles. The molecule has 0 amide bonds. The molecule has 0 aromatic carbocycles. The van der Waals surface area contributed by atoms with Crippen molar-refractivity contribution in [2.75, 3.05) is 6.54 Å². The lowest BCUT2D eigenvalue weighted by Crippen LogP contribution is -2.36. The number of aromatic nitrogens is 3. The van der Waals surface area contributed by atoms with Gasteiger partial charge in [0.1, 0.15) is 5.84 Å². The van der Waals surface area contributed by atoms with Crippen molar-refractivity contribution in [3.8, 4) is 11.3 Å². The van der Waals surface area contributed by atoms with Crippen molar-refractivity contribution in [1.82, 2.24) is 19.7 Å². The van der Waals surface area contributed by atoms with Gasteiger partial charge in [0.05, 0.1) is 23.2 Å². The van der Waals surface area contributed by atoms with E-state index in [2.05, 4.69) is 17.0 Å². The summed E-state index contributed by atoms with van der Waals surface area (Å²) in [5.41, 5.74) is 6.52. The number of pyridine rings is 1. The zero-order chi connectivity index (χ0) is 19.1. The first-order valence-electron chi connectivity index (χ1n) is 8.84. The maximum atomic E-state index is 12.1. The number of aryl methyl sites for hydroxylation is 1. The highest BCUT2D eigenvalue weighted by Crippen LogP contribution is 2.30. The van der Waals surface area contributed by atoms with Crippen molar-refractivity contribution in [2.24, 2.45) is 12.0 Å². The minimum absolute atomic E-state index is 0.0233. The average Bonchev–Trinajstić information content (AvgIpc) is 3.07. The highest BCUT2D eigenvalue weighted by atomic mass is 16.1. The number of allylic oxidation sites excluding steroid dienone is 2. The lowest BCUT2D eigenvalue weighted by molar-refractivity contribution is -0.113. The second kappa shape index (κ2) is 6.46. The number of aliphatic imine (C=N–C) groups is 1. The van der Waals surface area contributed by atoms with Gasteiger partial charge >= 0.3 is 0 Å². The van der Waals surface area contributed by atoms with Gasteiger partial charge in [-0.05, 0) is 50.1 Å². The van der Waals surface area contributed by atoms with E-state index in [0.29, 0.717) is 18.0 Å². The largest absolute Gasteiger partial charge is 0.328 e. The predicted molar refractivity (Wildman–Crippen MR) is 106 cm³/mol. The Bertz CT molecular complexity index is 1050. The number of nitrogens with zero attached hydrogens (tertiary/aromatic N) is 5. The molecular weight excluding hydrogens is 338 g/mol. The number of ketones is 1. The summed E-state index contributed by atoms with van der Waals surface area (Å²) < 4.78 is 1.76. The Hall–Kier alpha value is -3.28. The molecule has 0 fully saturated rings. The zero-order valence-corrected chi connectivity index (χ0v) is 15.9. The number of rotatable bonds is 3. The van der Waals surface area contributed by atoms with Gasteiger partial charge < -0.3 is 4.90 Å². The summed E-state index contributed by atoms with van der Waals surface area (Å²) >= 11 is 0. The van der Waals surface area contributed by atoms with Crippen molar-refractivity contribution < 1.29 is 4.79 Å². The summed E-state index contributed by atoms with van der Waals surface area (Å²) in [6.07, 6.45) is 9.51. The molecule has 2 aliphatic heterocycles. The molecule has 0 spiro atoms. The van der Waals surface area contributed by atoms with Crippen molar-refractivity contribution in [3.05, 3.63) is 65.3 Å². The molecule has 6 heteroatoms. The number of hydrogen-bond donors (Lipinski definition) is 0. The van der Waals surface area contributed by atoms with Crippen LogP contribution in [0.4, 0.5) is 0 Å². The number of fused-ring (bicyclic) bond motifs is 1. The second-order valence-corrected chi connectivity index (χ2v) is 7.01. The van der Waals surface area contributed by atoms with Gasteiger partial charge in [0.15, 0.2) is 5.78 Å². The SMILES string of the molecule is CC(=O)C1=CC(C)=CN2CC(C)=C(c3ccc(-c4cnn(C)c4)nc3)N=C12. The molecule has 136 valence electrons.